The molecule has 0 aromatic carbocycles. The van der Waals surface area contributed by atoms with E-state index >= 15 is 0 Å². The molecular formula is C15H29NO5. The van der Waals surface area contributed by atoms with E-state index < -0.39 is 5.97 Å². The third-order valence-electron chi connectivity index (χ3n) is 3.43. The largest absolute Gasteiger partial charge is 0.481 e. The lowest BCUT2D eigenvalue weighted by Gasteiger charge is -2.38. The summed E-state index contributed by atoms with van der Waals surface area (Å²) in [5.74, 6) is -0.384. The smallest absolute Gasteiger partial charge is 0.303 e. The molecule has 0 radical (unpaired) electrons. The zero-order valence-electron chi connectivity index (χ0n) is 13.1. The highest BCUT2D eigenvalue weighted by Gasteiger charge is 2.27. The van der Waals surface area contributed by atoms with Gasteiger partial charge in [-0.05, 0) is 12.3 Å². The van der Waals surface area contributed by atoms with E-state index in [1.165, 1.54) is 0 Å². The summed E-state index contributed by atoms with van der Waals surface area (Å²) in [6.07, 6.45) is 2.54. The number of nitrogens with zero attached hydrogens (tertiary/aromatic N) is 1. The van der Waals surface area contributed by atoms with Crippen LogP contribution in [0.15, 0.2) is 0 Å². The van der Waals surface area contributed by atoms with Gasteiger partial charge in [0.15, 0.2) is 0 Å². The molecule has 0 aliphatic carbocycles. The summed E-state index contributed by atoms with van der Waals surface area (Å²) in [6, 6.07) is 0. The van der Waals surface area contributed by atoms with Crippen LogP contribution >= 0.6 is 0 Å². The molecule has 1 fully saturated rings. The van der Waals surface area contributed by atoms with E-state index in [0.717, 1.165) is 39.1 Å². The molecule has 1 rings (SSSR count). The fourth-order valence-electron chi connectivity index (χ4n) is 2.22. The van der Waals surface area contributed by atoms with Crippen LogP contribution in [0.3, 0.4) is 0 Å². The van der Waals surface area contributed by atoms with Gasteiger partial charge in [0, 0.05) is 26.2 Å². The quantitative estimate of drug-likeness (QED) is 0.487. The number of likely N-dealkylation sites (tertiary alicyclic amines) is 1. The van der Waals surface area contributed by atoms with Crippen molar-refractivity contribution in [2.45, 2.75) is 26.2 Å². The number of carbonyl (C=O) groups is 1. The molecule has 0 unspecified atom stereocenters. The van der Waals surface area contributed by atoms with Crippen molar-refractivity contribution < 1.29 is 24.1 Å². The highest BCUT2D eigenvalue weighted by molar-refractivity contribution is 5.67. The van der Waals surface area contributed by atoms with E-state index in [1.807, 2.05) is 0 Å². The Balaban J connectivity index is 1.73. The van der Waals surface area contributed by atoms with Gasteiger partial charge in [0.05, 0.1) is 39.5 Å². The Morgan fingerprint density at radius 2 is 1.62 bits per heavy atom. The Morgan fingerprint density at radius 1 is 1.05 bits per heavy atom. The molecule has 0 amide bonds. The van der Waals surface area contributed by atoms with Crippen molar-refractivity contribution >= 4 is 5.97 Å². The predicted octanol–water partition coefficient (Wildman–Crippen LogP) is 1.24. The molecule has 124 valence electrons. The summed E-state index contributed by atoms with van der Waals surface area (Å²) in [5, 5.41) is 8.65. The maximum absolute atomic E-state index is 10.5. The number of hydrogen-bond donors (Lipinski definition) is 1. The first-order valence-electron chi connectivity index (χ1n) is 7.89. The zero-order valence-corrected chi connectivity index (χ0v) is 13.1. The fourth-order valence-corrected chi connectivity index (χ4v) is 2.22. The molecule has 0 saturated carbocycles. The lowest BCUT2D eigenvalue weighted by atomic mass is 9.97. The van der Waals surface area contributed by atoms with E-state index in [9.17, 15) is 4.79 Å². The van der Waals surface area contributed by atoms with Gasteiger partial charge in [-0.2, -0.15) is 0 Å². The molecule has 0 bridgehead atoms. The third-order valence-corrected chi connectivity index (χ3v) is 3.43. The summed E-state index contributed by atoms with van der Waals surface area (Å²) in [7, 11) is 0. The predicted molar refractivity (Wildman–Crippen MR) is 79.5 cm³/mol. The molecule has 0 spiro atoms. The van der Waals surface area contributed by atoms with Crippen LogP contribution in [0, 0.1) is 5.92 Å². The van der Waals surface area contributed by atoms with Gasteiger partial charge in [-0.3, -0.25) is 4.79 Å². The number of aliphatic carboxylic acids is 1. The molecule has 1 N–H and O–H groups in total. The van der Waals surface area contributed by atoms with Crippen LogP contribution < -0.4 is 0 Å². The zero-order chi connectivity index (χ0) is 15.3. The maximum Gasteiger partial charge on any atom is 0.303 e. The third kappa shape index (κ3) is 9.79. The van der Waals surface area contributed by atoms with Gasteiger partial charge in [0.25, 0.3) is 0 Å². The highest BCUT2D eigenvalue weighted by Crippen LogP contribution is 2.18. The van der Waals surface area contributed by atoms with Gasteiger partial charge in [0.2, 0.25) is 0 Å². The van der Waals surface area contributed by atoms with Crippen LogP contribution in [-0.4, -0.2) is 75.3 Å². The molecule has 0 atom stereocenters. The first-order chi connectivity index (χ1) is 10.2. The Kier molecular flexibility index (Phi) is 10.4. The van der Waals surface area contributed by atoms with Gasteiger partial charge in [-0.1, -0.05) is 13.3 Å². The Bertz CT molecular complexity index is 269. The maximum atomic E-state index is 10.5. The van der Waals surface area contributed by atoms with E-state index in [2.05, 4.69) is 11.8 Å². The average Bonchev–Trinajstić information content (AvgIpc) is 2.41. The van der Waals surface area contributed by atoms with Crippen molar-refractivity contribution in [2.24, 2.45) is 5.92 Å². The molecule has 1 aliphatic rings. The summed E-state index contributed by atoms with van der Waals surface area (Å²) in [6.45, 7) is 8.72. The highest BCUT2D eigenvalue weighted by atomic mass is 16.5. The minimum absolute atomic E-state index is 0.283. The van der Waals surface area contributed by atoms with Gasteiger partial charge in [-0.25, -0.2) is 0 Å². The lowest BCUT2D eigenvalue weighted by Crippen LogP contribution is -2.48. The minimum Gasteiger partial charge on any atom is -0.481 e. The fraction of sp³-hybridized carbons (Fsp3) is 0.933. The van der Waals surface area contributed by atoms with Crippen molar-refractivity contribution in [1.82, 2.24) is 4.90 Å². The van der Waals surface area contributed by atoms with E-state index in [4.69, 9.17) is 19.3 Å². The normalized spacial score (nSPS) is 16.0. The van der Waals surface area contributed by atoms with E-state index in [-0.39, 0.29) is 6.42 Å². The number of ether oxygens (including phenoxy) is 3. The van der Waals surface area contributed by atoms with E-state index in [1.54, 1.807) is 0 Å². The molecule has 1 heterocycles. The second kappa shape index (κ2) is 11.9. The average molecular weight is 303 g/mol. The number of rotatable bonds is 14. The molecule has 6 heteroatoms. The molecule has 1 aliphatic heterocycles. The first-order valence-corrected chi connectivity index (χ1v) is 7.89. The van der Waals surface area contributed by atoms with Crippen LogP contribution in [-0.2, 0) is 19.0 Å². The Labute approximate surface area is 127 Å². The number of unbranched alkanes of at least 4 members (excludes halogenated alkanes) is 1. The molecule has 0 aromatic heterocycles. The number of carboxylic acids is 1. The summed E-state index contributed by atoms with van der Waals surface area (Å²) >= 11 is 0. The molecule has 21 heavy (non-hydrogen) atoms. The second-order valence-corrected chi connectivity index (χ2v) is 5.41. The summed E-state index contributed by atoms with van der Waals surface area (Å²) in [4.78, 5) is 12.7. The lowest BCUT2D eigenvalue weighted by molar-refractivity contribution is -0.139. The van der Waals surface area contributed by atoms with Crippen LogP contribution in [0.2, 0.25) is 0 Å². The number of carboxylic acid groups (broad SMARTS) is 1. The van der Waals surface area contributed by atoms with Crippen LogP contribution in [0.4, 0.5) is 0 Å². The van der Waals surface area contributed by atoms with Gasteiger partial charge in [0.1, 0.15) is 0 Å². The second-order valence-electron chi connectivity index (χ2n) is 5.41. The van der Waals surface area contributed by atoms with Gasteiger partial charge in [-0.15, -0.1) is 0 Å². The van der Waals surface area contributed by atoms with E-state index in [0.29, 0.717) is 39.0 Å². The molecule has 1 saturated heterocycles. The molecule has 0 aromatic rings. The molecular weight excluding hydrogens is 274 g/mol. The molecule has 6 nitrogen and oxygen atoms in total. The van der Waals surface area contributed by atoms with Crippen molar-refractivity contribution in [3.05, 3.63) is 0 Å². The Hall–Kier alpha value is -0.690. The van der Waals surface area contributed by atoms with Gasteiger partial charge < -0.3 is 24.2 Å². The van der Waals surface area contributed by atoms with Crippen molar-refractivity contribution in [2.75, 3.05) is 59.3 Å². The first kappa shape index (κ1) is 18.4. The SMILES string of the molecule is CCCCOCCOCCOCCN1CC(CC(=O)O)C1. The van der Waals surface area contributed by atoms with Crippen LogP contribution in [0.1, 0.15) is 26.2 Å². The summed E-state index contributed by atoms with van der Waals surface area (Å²) < 4.78 is 16.2. The van der Waals surface area contributed by atoms with Crippen molar-refractivity contribution in [3.8, 4) is 0 Å². The minimum atomic E-state index is -0.702. The monoisotopic (exact) mass is 303 g/mol. The topological polar surface area (TPSA) is 68.2 Å². The van der Waals surface area contributed by atoms with Crippen LogP contribution in [0.5, 0.6) is 0 Å². The summed E-state index contributed by atoms with van der Waals surface area (Å²) in [5.41, 5.74) is 0. The number of hydrogen-bond acceptors (Lipinski definition) is 5. The van der Waals surface area contributed by atoms with Gasteiger partial charge >= 0.3 is 5.97 Å². The van der Waals surface area contributed by atoms with Crippen LogP contribution in [0.25, 0.3) is 0 Å². The standard InChI is InChI=1S/C15H29NO5/c1-2-3-5-19-7-9-21-10-8-20-6-4-16-12-14(13-16)11-15(17)18/h14H,2-13H2,1H3,(H,17,18). The Morgan fingerprint density at radius 3 is 2.19 bits per heavy atom. The van der Waals surface area contributed by atoms with Crippen molar-refractivity contribution in [3.63, 3.8) is 0 Å². The van der Waals surface area contributed by atoms with Crippen molar-refractivity contribution in [1.29, 1.82) is 0 Å².